The zero-order valence-corrected chi connectivity index (χ0v) is 19.5. The van der Waals surface area contributed by atoms with Crippen LogP contribution in [0.15, 0.2) is 53.1 Å². The minimum absolute atomic E-state index is 0.0132. The number of carbonyl (C=O) groups excluding carboxylic acids is 1. The van der Waals surface area contributed by atoms with Crippen molar-refractivity contribution in [3.63, 3.8) is 0 Å². The summed E-state index contributed by atoms with van der Waals surface area (Å²) in [7, 11) is 1.66. The Labute approximate surface area is 199 Å². The molecule has 3 aromatic rings. The molecule has 8 heteroatoms. The van der Waals surface area contributed by atoms with Crippen molar-refractivity contribution in [2.24, 2.45) is 0 Å². The number of hydrogen-bond acceptors (Lipinski definition) is 7. The van der Waals surface area contributed by atoms with E-state index in [0.29, 0.717) is 18.1 Å². The third-order valence-corrected chi connectivity index (χ3v) is 6.56. The van der Waals surface area contributed by atoms with E-state index in [1.54, 1.807) is 7.11 Å². The van der Waals surface area contributed by atoms with Gasteiger partial charge in [-0.15, -0.1) is 0 Å². The number of nitrogens with zero attached hydrogens (tertiary/aromatic N) is 2. The lowest BCUT2D eigenvalue weighted by Gasteiger charge is -2.26. The molecule has 0 radical (unpaired) electrons. The Morgan fingerprint density at radius 2 is 2.03 bits per heavy atom. The van der Waals surface area contributed by atoms with Gasteiger partial charge in [0.05, 0.1) is 13.2 Å². The number of hydrogen-bond donors (Lipinski definition) is 2. The van der Waals surface area contributed by atoms with Crippen LogP contribution in [0.2, 0.25) is 0 Å². The lowest BCUT2D eigenvalue weighted by atomic mass is 9.97. The fraction of sp³-hybridized carbons (Fsp3) is 0.385. The predicted octanol–water partition coefficient (Wildman–Crippen LogP) is 3.74. The molecule has 1 amide bonds. The Morgan fingerprint density at radius 3 is 2.79 bits per heavy atom. The van der Waals surface area contributed by atoms with E-state index in [1.807, 2.05) is 54.3 Å². The Balaban J connectivity index is 1.32. The second-order valence-corrected chi connectivity index (χ2v) is 8.86. The Kier molecular flexibility index (Phi) is 6.51. The molecule has 5 rings (SSSR count). The topological polar surface area (TPSA) is 88.9 Å². The van der Waals surface area contributed by atoms with Gasteiger partial charge in [-0.05, 0) is 55.2 Å². The molecule has 8 nitrogen and oxygen atoms in total. The molecule has 1 atom stereocenters. The van der Waals surface area contributed by atoms with Crippen LogP contribution in [0.3, 0.4) is 0 Å². The second-order valence-electron chi connectivity index (χ2n) is 8.86. The highest BCUT2D eigenvalue weighted by Crippen LogP contribution is 2.36. The maximum Gasteiger partial charge on any atom is 0.254 e. The van der Waals surface area contributed by atoms with Crippen molar-refractivity contribution in [3.8, 4) is 11.5 Å². The van der Waals surface area contributed by atoms with Crippen LogP contribution in [0.1, 0.15) is 57.7 Å². The highest BCUT2D eigenvalue weighted by molar-refractivity contribution is 5.95. The van der Waals surface area contributed by atoms with Gasteiger partial charge < -0.3 is 18.9 Å². The average Bonchev–Trinajstić information content (AvgIpc) is 3.64. The maximum absolute atomic E-state index is 13.5. The Hall–Kier alpha value is -3.36. The van der Waals surface area contributed by atoms with Crippen molar-refractivity contribution in [3.05, 3.63) is 76.7 Å². The molecule has 0 saturated carbocycles. The molecule has 2 aromatic carbocycles. The predicted molar refractivity (Wildman–Crippen MR) is 127 cm³/mol. The van der Waals surface area contributed by atoms with E-state index in [-0.39, 0.29) is 11.9 Å². The van der Waals surface area contributed by atoms with Gasteiger partial charge in [0.15, 0.2) is 0 Å². The lowest BCUT2D eigenvalue weighted by Crippen LogP contribution is -2.30. The molecule has 178 valence electrons. The first-order valence-electron chi connectivity index (χ1n) is 11.7. The summed E-state index contributed by atoms with van der Waals surface area (Å²) in [5.41, 5.74) is 9.90. The summed E-state index contributed by atoms with van der Waals surface area (Å²) in [5.74, 6) is 2.62. The first-order valence-corrected chi connectivity index (χ1v) is 11.7. The van der Waals surface area contributed by atoms with Crippen molar-refractivity contribution in [2.75, 3.05) is 26.7 Å². The normalized spacial score (nSPS) is 18.4. The number of methoxy groups -OCH3 is 1. The van der Waals surface area contributed by atoms with Crippen LogP contribution in [-0.4, -0.2) is 42.7 Å². The number of ether oxygens (including phenoxy) is 2. The maximum atomic E-state index is 13.5. The van der Waals surface area contributed by atoms with Crippen LogP contribution in [-0.2, 0) is 6.61 Å². The number of aryl methyl sites for hydroxylation is 1. The molecule has 3 heterocycles. The molecule has 0 bridgehead atoms. The van der Waals surface area contributed by atoms with Crippen molar-refractivity contribution < 1.29 is 18.8 Å². The summed E-state index contributed by atoms with van der Waals surface area (Å²) >= 11 is 0. The molecule has 1 aromatic heterocycles. The summed E-state index contributed by atoms with van der Waals surface area (Å²) < 4.78 is 16.7. The third kappa shape index (κ3) is 4.64. The Bertz CT molecular complexity index is 1160. The van der Waals surface area contributed by atoms with Gasteiger partial charge >= 0.3 is 0 Å². The standard InChI is InChI=1S/C26H30N4O4/c1-17-11-21(29-34-17)16-33-22-6-3-5-18(12-22)24-7-4-10-30(24)26(31)19-8-9-23(25(13-19)32-2)20-14-27-28-15-20/h3,5-6,8-9,11-13,20,24,27-28H,4,7,10,14-16H2,1-2H3. The van der Waals surface area contributed by atoms with Crippen LogP contribution in [0.4, 0.5) is 0 Å². The quantitative estimate of drug-likeness (QED) is 0.553. The van der Waals surface area contributed by atoms with E-state index in [0.717, 1.165) is 66.6 Å². The lowest BCUT2D eigenvalue weighted by molar-refractivity contribution is 0.0735. The van der Waals surface area contributed by atoms with Crippen LogP contribution >= 0.6 is 0 Å². The summed E-state index contributed by atoms with van der Waals surface area (Å²) in [6.45, 7) is 4.60. The number of nitrogens with one attached hydrogen (secondary N) is 2. The van der Waals surface area contributed by atoms with E-state index >= 15 is 0 Å². The largest absolute Gasteiger partial charge is 0.496 e. The summed E-state index contributed by atoms with van der Waals surface area (Å²) in [5, 5.41) is 3.97. The number of rotatable bonds is 7. The molecule has 2 N–H and O–H groups in total. The molecule has 34 heavy (non-hydrogen) atoms. The van der Waals surface area contributed by atoms with E-state index < -0.39 is 0 Å². The monoisotopic (exact) mass is 462 g/mol. The second kappa shape index (κ2) is 9.87. The van der Waals surface area contributed by atoms with E-state index in [9.17, 15) is 4.79 Å². The first kappa shape index (κ1) is 22.4. The highest BCUT2D eigenvalue weighted by Gasteiger charge is 2.31. The van der Waals surface area contributed by atoms with E-state index in [1.165, 1.54) is 0 Å². The van der Waals surface area contributed by atoms with Gasteiger partial charge in [-0.25, -0.2) is 0 Å². The number of aromatic nitrogens is 1. The molecule has 2 aliphatic rings. The average molecular weight is 463 g/mol. The minimum Gasteiger partial charge on any atom is -0.496 e. The van der Waals surface area contributed by atoms with Gasteiger partial charge in [0, 0.05) is 37.2 Å². The minimum atomic E-state index is 0.0132. The van der Waals surface area contributed by atoms with E-state index in [2.05, 4.69) is 22.1 Å². The van der Waals surface area contributed by atoms with Gasteiger partial charge in [0.1, 0.15) is 29.6 Å². The smallest absolute Gasteiger partial charge is 0.254 e. The molecule has 2 fully saturated rings. The SMILES string of the molecule is COc1cc(C(=O)N2CCCC2c2cccc(OCc3cc(C)on3)c2)ccc1C1CNNC1. The number of hydrazine groups is 1. The first-order chi connectivity index (χ1) is 16.6. The fourth-order valence-corrected chi connectivity index (χ4v) is 4.84. The summed E-state index contributed by atoms with van der Waals surface area (Å²) in [6, 6.07) is 15.7. The Morgan fingerprint density at radius 1 is 1.18 bits per heavy atom. The number of amides is 1. The highest BCUT2D eigenvalue weighted by atomic mass is 16.5. The van der Waals surface area contributed by atoms with Gasteiger partial charge in [-0.3, -0.25) is 15.6 Å². The number of benzene rings is 2. The molecule has 0 aliphatic carbocycles. The van der Waals surface area contributed by atoms with Crippen LogP contribution in [0, 0.1) is 6.92 Å². The fourth-order valence-electron chi connectivity index (χ4n) is 4.84. The van der Waals surface area contributed by atoms with Crippen LogP contribution in [0.5, 0.6) is 11.5 Å². The van der Waals surface area contributed by atoms with Crippen LogP contribution in [0.25, 0.3) is 0 Å². The molecule has 2 saturated heterocycles. The van der Waals surface area contributed by atoms with Crippen molar-refractivity contribution >= 4 is 5.91 Å². The van der Waals surface area contributed by atoms with Gasteiger partial charge in [-0.1, -0.05) is 23.4 Å². The van der Waals surface area contributed by atoms with Gasteiger partial charge in [0.25, 0.3) is 5.91 Å². The van der Waals surface area contributed by atoms with Crippen LogP contribution < -0.4 is 20.3 Å². The zero-order chi connectivity index (χ0) is 23.5. The molecular formula is C26H30N4O4. The zero-order valence-electron chi connectivity index (χ0n) is 19.5. The number of carbonyl (C=O) groups is 1. The third-order valence-electron chi connectivity index (χ3n) is 6.56. The molecule has 0 spiro atoms. The number of likely N-dealkylation sites (tertiary alicyclic amines) is 1. The summed E-state index contributed by atoms with van der Waals surface area (Å²) in [4.78, 5) is 15.5. The summed E-state index contributed by atoms with van der Waals surface area (Å²) in [6.07, 6.45) is 1.89. The molecule has 2 aliphatic heterocycles. The molecular weight excluding hydrogens is 432 g/mol. The van der Waals surface area contributed by atoms with Crippen molar-refractivity contribution in [1.82, 2.24) is 20.9 Å². The van der Waals surface area contributed by atoms with Crippen molar-refractivity contribution in [2.45, 2.75) is 38.3 Å². The van der Waals surface area contributed by atoms with E-state index in [4.69, 9.17) is 14.0 Å². The van der Waals surface area contributed by atoms with Gasteiger partial charge in [0.2, 0.25) is 0 Å². The van der Waals surface area contributed by atoms with Crippen molar-refractivity contribution in [1.29, 1.82) is 0 Å². The molecule has 1 unspecified atom stereocenters. The van der Waals surface area contributed by atoms with Gasteiger partial charge in [-0.2, -0.15) is 0 Å².